The summed E-state index contributed by atoms with van der Waals surface area (Å²) in [7, 11) is 1.52. The summed E-state index contributed by atoms with van der Waals surface area (Å²) < 4.78 is 6.02. The SMILES string of the molecule is COc1ccc(C(=O)CC2(O)C(=O)Nc3c(Cl)ccc(Cl)c32)cc1.Cc1ccc(C(=O)CC2(O)C(=O)Nc3c(Cl)ccc(Cl)c32)cc1.O=C(CC1(O)C(=O)Nc2c(Cl)ccc(Cl)c21)c1ccc(I)cc1.O=C(CC1(O)C(=O)Nc2c(Cl)ccc(Cl)c21)c1ccc([N+](=O)[O-])cc1.O=C(CC1(O)C(=O)Nc2c(Cl)ccc(Cl)c21)c1ccccc1. The average molecular weight is 1900 g/mol. The first-order valence-corrected chi connectivity index (χ1v) is 39.1. The standard InChI is InChI=1S/C17H13Cl2NO4.C17H13Cl2NO3.C16H10Cl2INO3.C16H10Cl2N2O5.C16H11Cl2NO3/c1-24-10-4-2-9(3-5-10)13(21)8-17(23)14-11(18)6-7-12(19)15(14)20-16(17)22;1-9-2-4-10(5-3-9)13(21)8-17(23)14-11(18)6-7-12(19)15(14)20-16(17)22;17-10-5-6-11(18)14-13(10)16(23,15(22)20-14)7-12(21)8-1-3-9(19)4-2-8;17-10-5-6-11(18)14-13(10)16(23,15(22)19-14)7-12(21)8-1-3-9(4-2-8)20(24)25;17-10-6-7-11(18)14-13(10)16(22,15(21)19-14)8-12(20)9-4-2-1-3-5-9/h2-7,23H,8H2,1H3,(H,20,22);2-7,23H,8H2,1H3,(H,20,22);1-6,23H,7H2,(H,20,22);1-6,23H,7H2,(H,19,22);1-7,22H,8H2,(H,19,21). The van der Waals surface area contributed by atoms with Gasteiger partial charge >= 0.3 is 0 Å². The molecular formula is C82H57Cl10IN6O18. The van der Waals surface area contributed by atoms with Gasteiger partial charge in [0, 0.05) is 96.5 Å². The van der Waals surface area contributed by atoms with Gasteiger partial charge in [-0.25, -0.2) is 0 Å². The van der Waals surface area contributed by atoms with Crippen LogP contribution in [0.5, 0.6) is 5.75 Å². The van der Waals surface area contributed by atoms with Crippen LogP contribution < -0.4 is 31.3 Å². The Morgan fingerprint density at radius 2 is 0.556 bits per heavy atom. The van der Waals surface area contributed by atoms with Crippen LogP contribution in [-0.2, 0) is 52.0 Å². The molecule has 117 heavy (non-hydrogen) atoms. The van der Waals surface area contributed by atoms with Crippen molar-refractivity contribution >= 4 is 231 Å². The predicted octanol–water partition coefficient (Wildman–Crippen LogP) is 17.9. The number of fused-ring (bicyclic) bond motifs is 5. The number of aryl methyl sites for hydroxylation is 1. The molecule has 5 atom stereocenters. The Balaban J connectivity index is 0.000000144. The van der Waals surface area contributed by atoms with Crippen LogP contribution in [0.3, 0.4) is 0 Å². The molecule has 10 aromatic carbocycles. The van der Waals surface area contributed by atoms with Crippen LogP contribution in [0.15, 0.2) is 188 Å². The monoisotopic (exact) mass is 1890 g/mol. The molecule has 5 aliphatic rings. The molecule has 15 rings (SSSR count). The van der Waals surface area contributed by atoms with Crippen molar-refractivity contribution in [2.24, 2.45) is 0 Å². The first-order valence-electron chi connectivity index (χ1n) is 34.2. The van der Waals surface area contributed by atoms with E-state index in [1.807, 2.05) is 6.92 Å². The van der Waals surface area contributed by atoms with Crippen LogP contribution >= 0.6 is 139 Å². The number of benzene rings is 10. The third-order valence-electron chi connectivity index (χ3n) is 19.2. The van der Waals surface area contributed by atoms with Crippen LogP contribution in [0.25, 0.3) is 0 Å². The lowest BCUT2D eigenvalue weighted by molar-refractivity contribution is -0.384. The van der Waals surface area contributed by atoms with Crippen molar-refractivity contribution in [2.75, 3.05) is 33.7 Å². The summed E-state index contributed by atoms with van der Waals surface area (Å²) in [5.74, 6) is -5.11. The first-order chi connectivity index (χ1) is 55.2. The molecule has 0 aromatic heterocycles. The number of Topliss-reactive ketones (excluding diaryl/α,β-unsaturated/α-hetero) is 5. The Morgan fingerprint density at radius 1 is 0.342 bits per heavy atom. The van der Waals surface area contributed by atoms with Gasteiger partial charge in [-0.15, -0.1) is 0 Å². The van der Waals surface area contributed by atoms with E-state index in [0.717, 1.165) is 9.13 Å². The fourth-order valence-corrected chi connectivity index (χ4v) is 16.1. The number of carbonyl (C=O) groups excluding carboxylic acids is 10. The van der Waals surface area contributed by atoms with Gasteiger partial charge in [-0.3, -0.25) is 58.1 Å². The summed E-state index contributed by atoms with van der Waals surface area (Å²) in [5, 5.41) is 79.2. The number of non-ortho nitro benzene ring substituents is 1. The molecule has 5 aliphatic heterocycles. The average Bonchev–Trinajstić information content (AvgIpc) is 1.63. The van der Waals surface area contributed by atoms with Gasteiger partial charge in [0.15, 0.2) is 56.9 Å². The molecule has 10 N–H and O–H groups in total. The summed E-state index contributed by atoms with van der Waals surface area (Å²) >= 11 is 62.8. The maximum absolute atomic E-state index is 12.5. The number of ketones is 5. The molecule has 0 aliphatic carbocycles. The lowest BCUT2D eigenvalue weighted by Crippen LogP contribution is -2.36. The molecular weight excluding hydrogens is 1840 g/mol. The number of rotatable bonds is 17. The number of nitrogens with one attached hydrogen (secondary N) is 5. The zero-order chi connectivity index (χ0) is 85.3. The van der Waals surface area contributed by atoms with E-state index in [1.165, 1.54) is 92.0 Å². The topological polar surface area (TPSA) is 384 Å². The lowest BCUT2D eigenvalue weighted by Gasteiger charge is -2.21. The van der Waals surface area contributed by atoms with Crippen molar-refractivity contribution in [3.8, 4) is 5.75 Å². The number of nitro benzene ring substituents is 1. The number of aliphatic hydroxyl groups is 5. The van der Waals surface area contributed by atoms with E-state index in [9.17, 15) is 83.6 Å². The van der Waals surface area contributed by atoms with E-state index in [0.29, 0.717) is 28.0 Å². The zero-order valence-electron chi connectivity index (χ0n) is 60.1. The largest absolute Gasteiger partial charge is 0.497 e. The molecule has 5 amide bonds. The maximum atomic E-state index is 12.5. The lowest BCUT2D eigenvalue weighted by atomic mass is 9.88. The highest BCUT2D eigenvalue weighted by molar-refractivity contribution is 14.1. The molecule has 0 saturated carbocycles. The van der Waals surface area contributed by atoms with E-state index in [4.69, 9.17) is 121 Å². The van der Waals surface area contributed by atoms with Crippen LogP contribution in [0.4, 0.5) is 34.1 Å². The Hall–Kier alpha value is -9.47. The number of methoxy groups -OCH3 is 1. The molecule has 5 unspecified atom stereocenters. The molecule has 5 heterocycles. The Morgan fingerprint density at radius 3 is 0.795 bits per heavy atom. The Kier molecular flexibility index (Phi) is 26.9. The maximum Gasteiger partial charge on any atom is 0.269 e. The molecule has 10 aromatic rings. The van der Waals surface area contributed by atoms with Gasteiger partial charge in [0.25, 0.3) is 35.2 Å². The number of amides is 5. The van der Waals surface area contributed by atoms with Crippen molar-refractivity contribution in [3.63, 3.8) is 0 Å². The predicted molar refractivity (Wildman–Crippen MR) is 453 cm³/mol. The zero-order valence-corrected chi connectivity index (χ0v) is 69.8. The molecule has 0 bridgehead atoms. The smallest absolute Gasteiger partial charge is 0.269 e. The molecule has 0 fully saturated rings. The number of halogens is 11. The second-order valence-electron chi connectivity index (χ2n) is 26.7. The second kappa shape index (κ2) is 35.6. The second-order valence-corrected chi connectivity index (χ2v) is 32.1. The van der Waals surface area contributed by atoms with E-state index < -0.39 is 106 Å². The molecule has 24 nitrogen and oxygen atoms in total. The normalized spacial score (nSPS) is 19.2. The van der Waals surface area contributed by atoms with Crippen LogP contribution in [0, 0.1) is 20.6 Å². The Bertz CT molecular complexity index is 5660. The summed E-state index contributed by atoms with van der Waals surface area (Å²) in [6.45, 7) is 1.91. The van der Waals surface area contributed by atoms with E-state index in [2.05, 4.69) is 49.2 Å². The molecule has 600 valence electrons. The van der Waals surface area contributed by atoms with Crippen molar-refractivity contribution < 1.29 is 83.1 Å². The highest BCUT2D eigenvalue weighted by atomic mass is 127. The number of anilines is 5. The van der Waals surface area contributed by atoms with Crippen LogP contribution in [-0.4, -0.2) is 96.0 Å². The number of nitro groups is 1. The molecule has 0 saturated heterocycles. The fourth-order valence-electron chi connectivity index (χ4n) is 13.1. The van der Waals surface area contributed by atoms with Gasteiger partial charge in [-0.05, 0) is 139 Å². The van der Waals surface area contributed by atoms with E-state index in [-0.39, 0.29) is 135 Å². The quantitative estimate of drug-likeness (QED) is 0.0175. The highest BCUT2D eigenvalue weighted by Crippen LogP contribution is 2.52. The summed E-state index contributed by atoms with van der Waals surface area (Å²) in [6, 6.07) is 48.4. The fraction of sp³-hybridized carbons (Fsp3) is 0.146. The van der Waals surface area contributed by atoms with Gasteiger partial charge in [-0.2, -0.15) is 0 Å². The van der Waals surface area contributed by atoms with Gasteiger partial charge in [-0.1, -0.05) is 188 Å². The summed E-state index contributed by atoms with van der Waals surface area (Å²) in [5.41, 5.74) is -5.97. The van der Waals surface area contributed by atoms with Crippen molar-refractivity contribution in [1.82, 2.24) is 0 Å². The number of hydrogen-bond donors (Lipinski definition) is 10. The van der Waals surface area contributed by atoms with Crippen molar-refractivity contribution in [1.29, 1.82) is 0 Å². The van der Waals surface area contributed by atoms with Gasteiger partial charge in [0.05, 0.1) is 97.7 Å². The van der Waals surface area contributed by atoms with E-state index >= 15 is 0 Å². The number of ether oxygens (including phenoxy) is 1. The molecule has 0 spiro atoms. The minimum absolute atomic E-state index is 0.0435. The third kappa shape index (κ3) is 18.0. The first kappa shape index (κ1) is 88.3. The summed E-state index contributed by atoms with van der Waals surface area (Å²) in [4.78, 5) is 133. The van der Waals surface area contributed by atoms with Gasteiger partial charge in [0.1, 0.15) is 5.75 Å². The number of nitrogens with zero attached hydrogens (tertiary/aromatic N) is 1. The minimum atomic E-state index is -2.17. The van der Waals surface area contributed by atoms with Crippen LogP contribution in [0.2, 0.25) is 50.2 Å². The van der Waals surface area contributed by atoms with Crippen LogP contribution in [0.1, 0.15) is 117 Å². The van der Waals surface area contributed by atoms with Gasteiger partial charge < -0.3 is 56.9 Å². The molecule has 35 heteroatoms. The van der Waals surface area contributed by atoms with E-state index in [1.54, 1.807) is 103 Å². The number of hydrogen-bond acceptors (Lipinski definition) is 18. The van der Waals surface area contributed by atoms with Crippen molar-refractivity contribution in [3.05, 3.63) is 313 Å². The number of carbonyl (C=O) groups is 10. The Labute approximate surface area is 727 Å². The minimum Gasteiger partial charge on any atom is -0.497 e. The highest BCUT2D eigenvalue weighted by Gasteiger charge is 2.54. The van der Waals surface area contributed by atoms with Gasteiger partial charge in [0.2, 0.25) is 0 Å². The third-order valence-corrected chi connectivity index (χ3v) is 23.1. The summed E-state index contributed by atoms with van der Waals surface area (Å²) in [6.07, 6.45) is -2.25. The molecule has 0 radical (unpaired) electrons. The van der Waals surface area contributed by atoms with Crippen molar-refractivity contribution in [2.45, 2.75) is 67.0 Å².